The highest BCUT2D eigenvalue weighted by Crippen LogP contribution is 2.23. The second kappa shape index (κ2) is 4.48. The third-order valence-electron chi connectivity index (χ3n) is 2.89. The number of aryl methyl sites for hydroxylation is 1. The summed E-state index contributed by atoms with van der Waals surface area (Å²) in [5.74, 6) is 0.261. The highest BCUT2D eigenvalue weighted by Gasteiger charge is 2.11. The minimum absolute atomic E-state index is 0.261. The van der Waals surface area contributed by atoms with Crippen LogP contribution in [0, 0.1) is 6.92 Å². The molecule has 0 spiro atoms. The van der Waals surface area contributed by atoms with Crippen molar-refractivity contribution in [3.63, 3.8) is 0 Å². The van der Waals surface area contributed by atoms with Crippen LogP contribution >= 0.6 is 0 Å². The van der Waals surface area contributed by atoms with Crippen LogP contribution in [0.5, 0.6) is 0 Å². The number of hydrogen-bond donors (Lipinski definition) is 0. The van der Waals surface area contributed by atoms with Gasteiger partial charge in [0.15, 0.2) is 5.78 Å². The van der Waals surface area contributed by atoms with E-state index in [0.29, 0.717) is 6.42 Å². The maximum atomic E-state index is 12.1. The van der Waals surface area contributed by atoms with Gasteiger partial charge in [-0.2, -0.15) is 0 Å². The lowest BCUT2D eigenvalue weighted by atomic mass is 9.95. The van der Waals surface area contributed by atoms with Gasteiger partial charge in [-0.15, -0.1) is 0 Å². The molecule has 0 aliphatic rings. The molecule has 2 rings (SSSR count). The minimum atomic E-state index is 0.261. The van der Waals surface area contributed by atoms with Gasteiger partial charge in [-0.3, -0.25) is 4.79 Å². The summed E-state index contributed by atoms with van der Waals surface area (Å²) in [7, 11) is 0. The summed E-state index contributed by atoms with van der Waals surface area (Å²) in [6.45, 7) is 4.05. The zero-order valence-electron chi connectivity index (χ0n) is 9.79. The highest BCUT2D eigenvalue weighted by atomic mass is 16.1. The number of Topliss-reactive ketones (excluding diaryl/α,β-unsaturated/α-hetero) is 1. The molecule has 0 saturated heterocycles. The molecule has 0 fully saturated rings. The van der Waals surface area contributed by atoms with Crippen LogP contribution < -0.4 is 0 Å². The van der Waals surface area contributed by atoms with Crippen LogP contribution in [0.15, 0.2) is 36.4 Å². The Morgan fingerprint density at radius 3 is 2.62 bits per heavy atom. The molecule has 0 aliphatic carbocycles. The van der Waals surface area contributed by atoms with Gasteiger partial charge in [0.1, 0.15) is 0 Å². The van der Waals surface area contributed by atoms with Crippen molar-refractivity contribution in [2.24, 2.45) is 0 Å². The molecule has 0 heterocycles. The van der Waals surface area contributed by atoms with Crippen molar-refractivity contribution >= 4 is 16.6 Å². The lowest BCUT2D eigenvalue weighted by Crippen LogP contribution is -2.02. The van der Waals surface area contributed by atoms with Crippen molar-refractivity contribution < 1.29 is 4.79 Å². The minimum Gasteiger partial charge on any atom is -0.294 e. The first-order valence-corrected chi connectivity index (χ1v) is 5.75. The molecule has 0 aliphatic heterocycles. The van der Waals surface area contributed by atoms with Crippen molar-refractivity contribution in [3.8, 4) is 0 Å². The molecule has 82 valence electrons. The molecule has 0 saturated carbocycles. The molecule has 1 nitrogen and oxygen atoms in total. The monoisotopic (exact) mass is 212 g/mol. The number of carbonyl (C=O) groups is 1. The van der Waals surface area contributed by atoms with Gasteiger partial charge in [-0.25, -0.2) is 0 Å². The van der Waals surface area contributed by atoms with Gasteiger partial charge in [-0.05, 0) is 29.7 Å². The SMILES string of the molecule is CCCC(=O)c1c(C)ccc2ccccc12. The van der Waals surface area contributed by atoms with Gasteiger partial charge in [0.05, 0.1) is 0 Å². The van der Waals surface area contributed by atoms with E-state index < -0.39 is 0 Å². The normalized spacial score (nSPS) is 10.6. The van der Waals surface area contributed by atoms with Crippen LogP contribution in [0.3, 0.4) is 0 Å². The predicted molar refractivity (Wildman–Crippen MR) is 67.9 cm³/mol. The molecule has 1 heteroatoms. The number of fused-ring (bicyclic) bond motifs is 1. The Morgan fingerprint density at radius 1 is 1.12 bits per heavy atom. The van der Waals surface area contributed by atoms with Gasteiger partial charge in [0, 0.05) is 12.0 Å². The van der Waals surface area contributed by atoms with Crippen LogP contribution in [0.2, 0.25) is 0 Å². The average molecular weight is 212 g/mol. The van der Waals surface area contributed by atoms with E-state index in [1.807, 2.05) is 38.1 Å². The van der Waals surface area contributed by atoms with Crippen molar-refractivity contribution in [1.29, 1.82) is 0 Å². The van der Waals surface area contributed by atoms with Crippen LogP contribution in [0.25, 0.3) is 10.8 Å². The molecular weight excluding hydrogens is 196 g/mol. The second-order valence-corrected chi connectivity index (χ2v) is 4.15. The molecule has 2 aromatic rings. The Hall–Kier alpha value is -1.63. The van der Waals surface area contributed by atoms with Gasteiger partial charge in [-0.1, -0.05) is 43.3 Å². The molecule has 0 radical (unpaired) electrons. The van der Waals surface area contributed by atoms with E-state index in [4.69, 9.17) is 0 Å². The Kier molecular flexibility index (Phi) is 3.04. The number of hydrogen-bond acceptors (Lipinski definition) is 1. The first kappa shape index (κ1) is 10.9. The van der Waals surface area contributed by atoms with Crippen LogP contribution in [0.1, 0.15) is 35.7 Å². The van der Waals surface area contributed by atoms with Crippen molar-refractivity contribution in [2.45, 2.75) is 26.7 Å². The first-order valence-electron chi connectivity index (χ1n) is 5.75. The van der Waals surface area contributed by atoms with Crippen LogP contribution in [-0.4, -0.2) is 5.78 Å². The number of ketones is 1. The maximum absolute atomic E-state index is 12.1. The smallest absolute Gasteiger partial charge is 0.163 e. The van der Waals surface area contributed by atoms with E-state index in [2.05, 4.69) is 12.1 Å². The van der Waals surface area contributed by atoms with Crippen molar-refractivity contribution in [3.05, 3.63) is 47.5 Å². The topological polar surface area (TPSA) is 17.1 Å². The predicted octanol–water partition coefficient (Wildman–Crippen LogP) is 4.13. The lowest BCUT2D eigenvalue weighted by molar-refractivity contribution is 0.0983. The summed E-state index contributed by atoms with van der Waals surface area (Å²) in [6, 6.07) is 12.2. The summed E-state index contributed by atoms with van der Waals surface area (Å²) < 4.78 is 0. The largest absolute Gasteiger partial charge is 0.294 e. The Bertz CT molecular complexity index is 526. The molecule has 0 bridgehead atoms. The summed E-state index contributed by atoms with van der Waals surface area (Å²) in [5, 5.41) is 2.23. The molecule has 16 heavy (non-hydrogen) atoms. The third-order valence-corrected chi connectivity index (χ3v) is 2.89. The number of benzene rings is 2. The number of rotatable bonds is 3. The standard InChI is InChI=1S/C15H16O/c1-3-6-14(16)15-11(2)9-10-12-7-4-5-8-13(12)15/h4-5,7-10H,3,6H2,1-2H3. The number of carbonyl (C=O) groups excluding carboxylic acids is 1. The molecule has 2 aromatic carbocycles. The van der Waals surface area contributed by atoms with E-state index in [0.717, 1.165) is 28.3 Å². The van der Waals surface area contributed by atoms with E-state index in [1.54, 1.807) is 0 Å². The summed E-state index contributed by atoms with van der Waals surface area (Å²) >= 11 is 0. The van der Waals surface area contributed by atoms with Gasteiger partial charge < -0.3 is 0 Å². The van der Waals surface area contributed by atoms with Crippen molar-refractivity contribution in [1.82, 2.24) is 0 Å². The van der Waals surface area contributed by atoms with Gasteiger partial charge in [0.25, 0.3) is 0 Å². The molecular formula is C15H16O. The fraction of sp³-hybridized carbons (Fsp3) is 0.267. The third kappa shape index (κ3) is 1.85. The van der Waals surface area contributed by atoms with E-state index in [9.17, 15) is 4.79 Å². The fourth-order valence-corrected chi connectivity index (χ4v) is 2.10. The maximum Gasteiger partial charge on any atom is 0.163 e. The second-order valence-electron chi connectivity index (χ2n) is 4.15. The molecule has 0 amide bonds. The highest BCUT2D eigenvalue weighted by molar-refractivity contribution is 6.09. The van der Waals surface area contributed by atoms with E-state index in [-0.39, 0.29) is 5.78 Å². The summed E-state index contributed by atoms with van der Waals surface area (Å²) in [5.41, 5.74) is 1.98. The van der Waals surface area contributed by atoms with Gasteiger partial charge >= 0.3 is 0 Å². The summed E-state index contributed by atoms with van der Waals surface area (Å²) in [4.78, 5) is 12.1. The molecule has 0 N–H and O–H groups in total. The molecule has 0 unspecified atom stereocenters. The average Bonchev–Trinajstić information content (AvgIpc) is 2.29. The zero-order valence-corrected chi connectivity index (χ0v) is 9.79. The quantitative estimate of drug-likeness (QED) is 0.699. The van der Waals surface area contributed by atoms with E-state index >= 15 is 0 Å². The molecule has 0 aromatic heterocycles. The summed E-state index contributed by atoms with van der Waals surface area (Å²) in [6.07, 6.45) is 1.54. The Morgan fingerprint density at radius 2 is 1.88 bits per heavy atom. The Labute approximate surface area is 96.1 Å². The molecule has 0 atom stereocenters. The van der Waals surface area contributed by atoms with Crippen LogP contribution in [-0.2, 0) is 0 Å². The lowest BCUT2D eigenvalue weighted by Gasteiger charge is -2.08. The zero-order chi connectivity index (χ0) is 11.5. The fourth-order valence-electron chi connectivity index (χ4n) is 2.10. The van der Waals surface area contributed by atoms with Crippen LogP contribution in [0.4, 0.5) is 0 Å². The first-order chi connectivity index (χ1) is 7.74. The van der Waals surface area contributed by atoms with Crippen molar-refractivity contribution in [2.75, 3.05) is 0 Å². The van der Waals surface area contributed by atoms with Gasteiger partial charge in [0.2, 0.25) is 0 Å². The Balaban J connectivity index is 2.66. The van der Waals surface area contributed by atoms with E-state index in [1.165, 1.54) is 0 Å².